The van der Waals surface area contributed by atoms with E-state index in [0.29, 0.717) is 10.9 Å². The van der Waals surface area contributed by atoms with Gasteiger partial charge in [0.15, 0.2) is 5.09 Å². The first-order chi connectivity index (χ1) is 13.7. The van der Waals surface area contributed by atoms with Crippen LogP contribution in [0.15, 0.2) is 65.8 Å². The summed E-state index contributed by atoms with van der Waals surface area (Å²) in [6.45, 7) is 2.01. The molecule has 0 bridgehead atoms. The van der Waals surface area contributed by atoms with Gasteiger partial charge in [0, 0.05) is 11.2 Å². The fraction of sp³-hybridized carbons (Fsp3) is 0.111. The van der Waals surface area contributed by atoms with Crippen molar-refractivity contribution >= 4 is 61.7 Å². The Labute approximate surface area is 175 Å². The van der Waals surface area contributed by atoms with E-state index in [1.165, 1.54) is 17.8 Å². The second-order valence-corrected chi connectivity index (χ2v) is 9.97. The number of amidine groups is 3. The quantitative estimate of drug-likeness (QED) is 0.567. The zero-order valence-electron chi connectivity index (χ0n) is 15.2. The van der Waals surface area contributed by atoms with Gasteiger partial charge in [0.2, 0.25) is 20.2 Å². The van der Waals surface area contributed by atoms with Crippen LogP contribution < -0.4 is 0 Å². The van der Waals surface area contributed by atoms with Crippen molar-refractivity contribution in [3.05, 3.63) is 53.3 Å². The van der Waals surface area contributed by atoms with Gasteiger partial charge in [-0.15, -0.1) is 0 Å². The first kappa shape index (κ1) is 19.7. The Morgan fingerprint density at radius 1 is 1.21 bits per heavy atom. The van der Waals surface area contributed by atoms with Crippen LogP contribution in [0.5, 0.6) is 0 Å². The van der Waals surface area contributed by atoms with Gasteiger partial charge in [-0.3, -0.25) is 10.2 Å². The van der Waals surface area contributed by atoms with Crippen LogP contribution in [-0.2, 0) is 14.6 Å². The first-order valence-corrected chi connectivity index (χ1v) is 11.7. The highest BCUT2D eigenvalue weighted by Crippen LogP contribution is 2.32. The number of amides is 1. The average molecular weight is 447 g/mol. The van der Waals surface area contributed by atoms with Crippen molar-refractivity contribution in [1.29, 1.82) is 5.41 Å². The fourth-order valence-corrected chi connectivity index (χ4v) is 5.19. The standard InChI is InChI=1S/C18H14N4O4S3/c1-10-3-6-12(7-4-10)27-14-8-5-11(26-14)9-13-15(19)22-17(20-16(13)23)28-21-18(22)29(2,24)25/h3-9,19H,1-2H3/b13-9-,19-15?. The molecule has 2 aliphatic heterocycles. The van der Waals surface area contributed by atoms with Gasteiger partial charge in [-0.2, -0.15) is 9.39 Å². The van der Waals surface area contributed by atoms with Gasteiger partial charge in [-0.1, -0.05) is 29.5 Å². The Balaban J connectivity index is 1.61. The molecule has 0 spiro atoms. The lowest BCUT2D eigenvalue weighted by molar-refractivity contribution is -0.114. The molecule has 0 saturated heterocycles. The molecule has 1 amide bonds. The van der Waals surface area contributed by atoms with Crippen molar-refractivity contribution in [2.75, 3.05) is 6.26 Å². The van der Waals surface area contributed by atoms with Gasteiger partial charge >= 0.3 is 0 Å². The van der Waals surface area contributed by atoms with Gasteiger partial charge in [0.25, 0.3) is 5.91 Å². The van der Waals surface area contributed by atoms with Crippen molar-refractivity contribution in [2.24, 2.45) is 9.39 Å². The number of carbonyl (C=O) groups is 1. The molecule has 148 valence electrons. The molecule has 0 unspecified atom stereocenters. The largest absolute Gasteiger partial charge is 0.450 e. The van der Waals surface area contributed by atoms with Crippen molar-refractivity contribution < 1.29 is 17.6 Å². The molecule has 29 heavy (non-hydrogen) atoms. The first-order valence-electron chi connectivity index (χ1n) is 8.25. The summed E-state index contributed by atoms with van der Waals surface area (Å²) < 4.78 is 33.4. The molecule has 1 aromatic heterocycles. The number of aryl methyl sites for hydroxylation is 1. The van der Waals surface area contributed by atoms with E-state index in [1.807, 2.05) is 31.2 Å². The fourth-order valence-electron chi connectivity index (χ4n) is 2.57. The number of benzene rings is 1. The van der Waals surface area contributed by atoms with Crippen LogP contribution in [0.2, 0.25) is 0 Å². The third-order valence-corrected chi connectivity index (χ3v) is 6.64. The summed E-state index contributed by atoms with van der Waals surface area (Å²) in [5.41, 5.74) is 1.08. The number of aliphatic imine (C=N–C) groups is 1. The van der Waals surface area contributed by atoms with Crippen molar-refractivity contribution in [2.45, 2.75) is 16.9 Å². The van der Waals surface area contributed by atoms with Crippen molar-refractivity contribution in [3.8, 4) is 0 Å². The number of carbonyl (C=O) groups excluding carboxylic acids is 1. The molecule has 0 fully saturated rings. The average Bonchev–Trinajstić information content (AvgIpc) is 3.27. The second-order valence-electron chi connectivity index (χ2n) is 6.25. The lowest BCUT2D eigenvalue weighted by Gasteiger charge is -2.23. The number of sulfone groups is 1. The van der Waals surface area contributed by atoms with E-state index >= 15 is 0 Å². The summed E-state index contributed by atoms with van der Waals surface area (Å²) >= 11 is 2.18. The molecule has 1 aromatic carbocycles. The van der Waals surface area contributed by atoms with E-state index in [4.69, 9.17) is 9.83 Å². The zero-order chi connectivity index (χ0) is 20.8. The topological polar surface area (TPSA) is 116 Å². The minimum atomic E-state index is -3.69. The van der Waals surface area contributed by atoms with E-state index in [9.17, 15) is 13.2 Å². The minimum absolute atomic E-state index is 0.0487. The molecule has 2 aromatic rings. The number of rotatable bonds is 3. The van der Waals surface area contributed by atoms with Crippen LogP contribution in [0.3, 0.4) is 0 Å². The monoisotopic (exact) mass is 446 g/mol. The van der Waals surface area contributed by atoms with Gasteiger partial charge in [0.05, 0.1) is 17.5 Å². The smallest absolute Gasteiger partial charge is 0.283 e. The molecule has 0 radical (unpaired) electrons. The Morgan fingerprint density at radius 3 is 2.62 bits per heavy atom. The normalized spacial score (nSPS) is 18.1. The van der Waals surface area contributed by atoms with E-state index < -0.39 is 15.7 Å². The predicted octanol–water partition coefficient (Wildman–Crippen LogP) is 3.36. The Kier molecular flexibility index (Phi) is 4.97. The predicted molar refractivity (Wildman–Crippen MR) is 114 cm³/mol. The van der Waals surface area contributed by atoms with Crippen LogP contribution in [-0.4, -0.2) is 41.7 Å². The summed E-state index contributed by atoms with van der Waals surface area (Å²) in [7, 11) is -3.69. The molecular weight excluding hydrogens is 432 g/mol. The van der Waals surface area contributed by atoms with E-state index in [-0.39, 0.29) is 21.7 Å². The molecule has 4 rings (SSSR count). The molecular formula is C18H14N4O4S3. The molecule has 2 aliphatic rings. The number of hydrogen-bond donors (Lipinski definition) is 1. The third-order valence-electron chi connectivity index (χ3n) is 3.95. The molecule has 11 heteroatoms. The summed E-state index contributed by atoms with van der Waals surface area (Å²) in [5, 5.41) is 8.67. The van der Waals surface area contributed by atoms with Gasteiger partial charge in [0.1, 0.15) is 11.6 Å². The summed E-state index contributed by atoms with van der Waals surface area (Å²) in [6.07, 6.45) is 2.37. The third kappa shape index (κ3) is 3.93. The molecule has 0 atom stereocenters. The summed E-state index contributed by atoms with van der Waals surface area (Å²) in [6, 6.07) is 11.4. The van der Waals surface area contributed by atoms with Crippen LogP contribution in [0.1, 0.15) is 11.3 Å². The summed E-state index contributed by atoms with van der Waals surface area (Å²) in [4.78, 5) is 18.3. The lowest BCUT2D eigenvalue weighted by Crippen LogP contribution is -2.45. The van der Waals surface area contributed by atoms with Gasteiger partial charge < -0.3 is 4.42 Å². The Bertz CT molecular complexity index is 1220. The number of hydrogen-bond acceptors (Lipinski definition) is 8. The summed E-state index contributed by atoms with van der Waals surface area (Å²) in [5.74, 6) is -0.600. The van der Waals surface area contributed by atoms with Crippen LogP contribution >= 0.6 is 23.7 Å². The number of fused-ring (bicyclic) bond motifs is 1. The lowest BCUT2D eigenvalue weighted by atomic mass is 10.1. The molecule has 3 heterocycles. The van der Waals surface area contributed by atoms with Gasteiger partial charge in [-0.25, -0.2) is 13.3 Å². The molecule has 8 nitrogen and oxygen atoms in total. The Hall–Kier alpha value is -2.63. The van der Waals surface area contributed by atoms with Crippen molar-refractivity contribution in [3.63, 3.8) is 0 Å². The highest BCUT2D eigenvalue weighted by Gasteiger charge is 2.41. The maximum atomic E-state index is 12.4. The van der Waals surface area contributed by atoms with E-state index in [1.54, 1.807) is 12.1 Å². The molecule has 0 saturated carbocycles. The zero-order valence-corrected chi connectivity index (χ0v) is 17.7. The highest BCUT2D eigenvalue weighted by atomic mass is 32.2. The van der Waals surface area contributed by atoms with Crippen LogP contribution in [0, 0.1) is 12.3 Å². The Morgan fingerprint density at radius 2 is 1.93 bits per heavy atom. The van der Waals surface area contributed by atoms with Crippen LogP contribution in [0.4, 0.5) is 0 Å². The number of nitrogens with one attached hydrogen (secondary N) is 1. The number of nitrogens with zero attached hydrogens (tertiary/aromatic N) is 3. The van der Waals surface area contributed by atoms with E-state index in [2.05, 4.69) is 9.39 Å². The highest BCUT2D eigenvalue weighted by molar-refractivity contribution is 8.16. The molecule has 0 aliphatic carbocycles. The van der Waals surface area contributed by atoms with Gasteiger partial charge in [-0.05, 0) is 37.3 Å². The maximum Gasteiger partial charge on any atom is 0.283 e. The van der Waals surface area contributed by atoms with Crippen molar-refractivity contribution in [1.82, 2.24) is 4.90 Å². The molecule has 1 N–H and O–H groups in total. The maximum absolute atomic E-state index is 12.4. The van der Waals surface area contributed by atoms with E-state index in [0.717, 1.165) is 33.6 Å². The number of furan rings is 1. The van der Waals surface area contributed by atoms with Crippen LogP contribution in [0.25, 0.3) is 6.08 Å². The second kappa shape index (κ2) is 7.32. The SMILES string of the molecule is Cc1ccc(Sc2ccc(/C=C3/C(=N)N4C(=NC3=O)SN=C4S(C)(=O)=O)o2)cc1. The minimum Gasteiger partial charge on any atom is -0.450 e.